The summed E-state index contributed by atoms with van der Waals surface area (Å²) in [4.78, 5) is 26.2. The number of carbonyl (C=O) groups excluding carboxylic acids is 2. The van der Waals surface area contributed by atoms with Gasteiger partial charge in [-0.1, -0.05) is 19.3 Å². The number of rotatable bonds is 2. The highest BCUT2D eigenvalue weighted by atomic mass is 16.5. The number of aromatic nitrogens is 2. The molecular formula is C18H26N4O3. The average Bonchev–Trinajstić information content (AvgIpc) is 3.15. The molecule has 7 nitrogen and oxygen atoms in total. The van der Waals surface area contributed by atoms with Gasteiger partial charge in [-0.15, -0.1) is 0 Å². The van der Waals surface area contributed by atoms with Gasteiger partial charge in [-0.3, -0.25) is 14.7 Å². The van der Waals surface area contributed by atoms with Gasteiger partial charge in [0.25, 0.3) is 5.91 Å². The number of nitrogens with zero attached hydrogens (tertiary/aromatic N) is 2. The molecule has 2 amide bonds. The van der Waals surface area contributed by atoms with E-state index in [0.29, 0.717) is 25.6 Å². The van der Waals surface area contributed by atoms with E-state index in [1.807, 2.05) is 4.90 Å². The summed E-state index contributed by atoms with van der Waals surface area (Å²) in [5, 5.41) is 10.1. The van der Waals surface area contributed by atoms with E-state index in [1.54, 1.807) is 6.20 Å². The Bertz CT molecular complexity index is 631. The Morgan fingerprint density at radius 1 is 1.24 bits per heavy atom. The van der Waals surface area contributed by atoms with Gasteiger partial charge < -0.3 is 15.0 Å². The summed E-state index contributed by atoms with van der Waals surface area (Å²) >= 11 is 0. The summed E-state index contributed by atoms with van der Waals surface area (Å²) in [5.74, 6) is 0.451. The smallest absolute Gasteiger partial charge is 0.257 e. The minimum atomic E-state index is -0.298. The molecule has 136 valence electrons. The number of nitrogens with one attached hydrogen (secondary N) is 2. The normalized spacial score (nSPS) is 24.3. The van der Waals surface area contributed by atoms with Crippen LogP contribution in [0.5, 0.6) is 0 Å². The number of morpholine rings is 1. The molecule has 1 aromatic rings. The molecule has 2 N–H and O–H groups in total. The number of H-pyrrole nitrogens is 1. The van der Waals surface area contributed by atoms with Crippen LogP contribution in [0.2, 0.25) is 0 Å². The second-order valence-corrected chi connectivity index (χ2v) is 7.57. The maximum absolute atomic E-state index is 13.0. The van der Waals surface area contributed by atoms with E-state index in [4.69, 9.17) is 4.74 Å². The van der Waals surface area contributed by atoms with Gasteiger partial charge >= 0.3 is 0 Å². The molecule has 0 radical (unpaired) electrons. The van der Waals surface area contributed by atoms with Crippen LogP contribution in [0.3, 0.4) is 0 Å². The number of hydrogen-bond acceptors (Lipinski definition) is 4. The molecule has 0 aromatic carbocycles. The molecule has 3 heterocycles. The number of carbonyl (C=O) groups is 2. The van der Waals surface area contributed by atoms with Crippen molar-refractivity contribution >= 4 is 11.8 Å². The Morgan fingerprint density at radius 3 is 2.68 bits per heavy atom. The first-order valence-electron chi connectivity index (χ1n) is 9.40. The molecule has 0 unspecified atom stereocenters. The standard InChI is InChI=1S/C18H26N4O3/c23-15-11-25-18(12-19-15)6-8-22(9-7-18)17(24)14-10-20-21-16(14)13-4-2-1-3-5-13/h10,13H,1-9,11-12H2,(H,19,23)(H,20,21). The first-order chi connectivity index (χ1) is 12.2. The molecule has 0 atom stereocenters. The number of aromatic amines is 1. The molecule has 7 heteroatoms. The highest BCUT2D eigenvalue weighted by Crippen LogP contribution is 2.34. The van der Waals surface area contributed by atoms with Crippen molar-refractivity contribution in [1.82, 2.24) is 20.4 Å². The third-order valence-electron chi connectivity index (χ3n) is 5.99. The molecule has 4 rings (SSSR count). The highest BCUT2D eigenvalue weighted by Gasteiger charge is 2.40. The Hall–Kier alpha value is -1.89. The zero-order valence-electron chi connectivity index (χ0n) is 14.6. The number of ether oxygens (including phenoxy) is 1. The van der Waals surface area contributed by atoms with Crippen LogP contribution in [0, 0.1) is 0 Å². The summed E-state index contributed by atoms with van der Waals surface area (Å²) in [6.45, 7) is 1.99. The second-order valence-electron chi connectivity index (χ2n) is 7.57. The summed E-state index contributed by atoms with van der Waals surface area (Å²) in [7, 11) is 0. The van der Waals surface area contributed by atoms with Gasteiger partial charge in [0.05, 0.1) is 23.1 Å². The van der Waals surface area contributed by atoms with Crippen LogP contribution >= 0.6 is 0 Å². The van der Waals surface area contributed by atoms with Crippen LogP contribution in [-0.2, 0) is 9.53 Å². The Balaban J connectivity index is 1.41. The van der Waals surface area contributed by atoms with Crippen molar-refractivity contribution in [1.29, 1.82) is 0 Å². The van der Waals surface area contributed by atoms with Gasteiger partial charge in [0.15, 0.2) is 0 Å². The third-order valence-corrected chi connectivity index (χ3v) is 5.99. The zero-order valence-corrected chi connectivity index (χ0v) is 14.6. The van der Waals surface area contributed by atoms with Crippen molar-refractivity contribution in [2.24, 2.45) is 0 Å². The Labute approximate surface area is 147 Å². The van der Waals surface area contributed by atoms with Crippen molar-refractivity contribution in [3.8, 4) is 0 Å². The van der Waals surface area contributed by atoms with Gasteiger partial charge in [0, 0.05) is 25.6 Å². The second kappa shape index (κ2) is 6.78. The predicted molar refractivity (Wildman–Crippen MR) is 91.2 cm³/mol. The molecule has 25 heavy (non-hydrogen) atoms. The topological polar surface area (TPSA) is 87.3 Å². The molecule has 2 saturated heterocycles. The van der Waals surface area contributed by atoms with Crippen LogP contribution in [-0.4, -0.2) is 58.8 Å². The fraction of sp³-hybridized carbons (Fsp3) is 0.722. The highest BCUT2D eigenvalue weighted by molar-refractivity contribution is 5.95. The number of hydrogen-bond donors (Lipinski definition) is 2. The number of amides is 2. The van der Waals surface area contributed by atoms with Crippen molar-refractivity contribution in [2.75, 3.05) is 26.2 Å². The van der Waals surface area contributed by atoms with Crippen molar-refractivity contribution in [3.05, 3.63) is 17.5 Å². The summed E-state index contributed by atoms with van der Waals surface area (Å²) in [6, 6.07) is 0. The Morgan fingerprint density at radius 2 is 2.00 bits per heavy atom. The monoisotopic (exact) mass is 346 g/mol. The van der Waals surface area contributed by atoms with Gasteiger partial charge in [0.1, 0.15) is 6.61 Å². The van der Waals surface area contributed by atoms with E-state index in [2.05, 4.69) is 15.5 Å². The lowest BCUT2D eigenvalue weighted by atomic mass is 9.85. The van der Waals surface area contributed by atoms with Crippen LogP contribution in [0.1, 0.15) is 66.9 Å². The third kappa shape index (κ3) is 3.29. The number of likely N-dealkylation sites (tertiary alicyclic amines) is 1. The fourth-order valence-corrected chi connectivity index (χ4v) is 4.36. The molecule has 3 fully saturated rings. The maximum atomic E-state index is 13.0. The minimum Gasteiger partial charge on any atom is -0.363 e. The van der Waals surface area contributed by atoms with E-state index < -0.39 is 0 Å². The molecule has 1 aromatic heterocycles. The van der Waals surface area contributed by atoms with Gasteiger partial charge in [-0.25, -0.2) is 0 Å². The van der Waals surface area contributed by atoms with E-state index in [-0.39, 0.29) is 24.0 Å². The molecular weight excluding hydrogens is 320 g/mol. The van der Waals surface area contributed by atoms with E-state index in [1.165, 1.54) is 19.3 Å². The predicted octanol–water partition coefficient (Wildman–Crippen LogP) is 1.58. The summed E-state index contributed by atoms with van der Waals surface area (Å²) in [5.41, 5.74) is 1.46. The zero-order chi connectivity index (χ0) is 17.3. The van der Waals surface area contributed by atoms with Crippen molar-refractivity contribution in [2.45, 2.75) is 56.5 Å². The average molecular weight is 346 g/mol. The molecule has 1 spiro atoms. The largest absolute Gasteiger partial charge is 0.363 e. The van der Waals surface area contributed by atoms with Crippen molar-refractivity contribution < 1.29 is 14.3 Å². The molecule has 0 bridgehead atoms. The lowest BCUT2D eigenvalue weighted by molar-refractivity contribution is -0.149. The summed E-state index contributed by atoms with van der Waals surface area (Å²) in [6.07, 6.45) is 9.23. The SMILES string of the molecule is O=C1COC2(CCN(C(=O)c3cn[nH]c3C3CCCCC3)CC2)CN1. The van der Waals surface area contributed by atoms with Crippen molar-refractivity contribution in [3.63, 3.8) is 0 Å². The van der Waals surface area contributed by atoms with E-state index in [0.717, 1.165) is 36.9 Å². The van der Waals surface area contributed by atoms with Gasteiger partial charge in [0.2, 0.25) is 5.91 Å². The summed E-state index contributed by atoms with van der Waals surface area (Å²) < 4.78 is 5.79. The fourth-order valence-electron chi connectivity index (χ4n) is 4.36. The first-order valence-corrected chi connectivity index (χ1v) is 9.40. The lowest BCUT2D eigenvalue weighted by Gasteiger charge is -2.43. The minimum absolute atomic E-state index is 0.0559. The Kier molecular flexibility index (Phi) is 4.50. The van der Waals surface area contributed by atoms with E-state index >= 15 is 0 Å². The van der Waals surface area contributed by atoms with Gasteiger partial charge in [-0.2, -0.15) is 5.10 Å². The van der Waals surface area contributed by atoms with Crippen LogP contribution in [0.15, 0.2) is 6.20 Å². The quantitative estimate of drug-likeness (QED) is 0.851. The molecule has 1 saturated carbocycles. The van der Waals surface area contributed by atoms with Gasteiger partial charge in [-0.05, 0) is 25.7 Å². The molecule has 2 aliphatic heterocycles. The molecule has 3 aliphatic rings. The maximum Gasteiger partial charge on any atom is 0.257 e. The van der Waals surface area contributed by atoms with E-state index in [9.17, 15) is 9.59 Å². The van der Waals surface area contributed by atoms with Crippen LogP contribution in [0.4, 0.5) is 0 Å². The van der Waals surface area contributed by atoms with Crippen LogP contribution < -0.4 is 5.32 Å². The van der Waals surface area contributed by atoms with Crippen LogP contribution in [0.25, 0.3) is 0 Å². The lowest BCUT2D eigenvalue weighted by Crippen LogP contribution is -2.58. The molecule has 1 aliphatic carbocycles. The number of piperidine rings is 1. The first kappa shape index (κ1) is 16.6.